The highest BCUT2D eigenvalue weighted by molar-refractivity contribution is 5.78. The zero-order valence-corrected chi connectivity index (χ0v) is 20.0. The number of rotatable bonds is 4. The second-order valence-corrected chi connectivity index (χ2v) is 9.71. The Hall–Kier alpha value is -1.73. The average molecular weight is 628 g/mol. The molecule has 1 aliphatic heterocycles. The van der Waals surface area contributed by atoms with Crippen molar-refractivity contribution < 1.29 is 89.6 Å². The van der Waals surface area contributed by atoms with E-state index in [-0.39, 0.29) is 13.3 Å². The van der Waals surface area contributed by atoms with Gasteiger partial charge in [-0.2, -0.15) is 70.2 Å². The van der Waals surface area contributed by atoms with E-state index in [1.165, 1.54) is 0 Å². The van der Waals surface area contributed by atoms with Crippen LogP contribution in [0.2, 0.25) is 0 Å². The Balaban J connectivity index is 3.16. The van der Waals surface area contributed by atoms with E-state index >= 15 is 17.6 Å². The highest BCUT2D eigenvalue weighted by Crippen LogP contribution is 2.72. The maximum atomic E-state index is 15.4. The molecule has 0 aromatic heterocycles. The summed E-state index contributed by atoms with van der Waals surface area (Å²) in [6.07, 6.45) is -34.1. The number of aliphatic hydroxyl groups is 1. The molecular weight excluding hydrogens is 608 g/mol. The van der Waals surface area contributed by atoms with Crippen LogP contribution in [-0.4, -0.2) is 64.6 Å². The van der Waals surface area contributed by atoms with Gasteiger partial charge in [0, 0.05) is 5.92 Å². The number of alkyl halides is 16. The average Bonchev–Trinajstić information content (AvgIpc) is 2.76. The van der Waals surface area contributed by atoms with E-state index in [4.69, 9.17) is 0 Å². The Morgan fingerprint density at radius 1 is 0.800 bits per heavy atom. The van der Waals surface area contributed by atoms with Gasteiger partial charge >= 0.3 is 48.3 Å². The van der Waals surface area contributed by atoms with Crippen LogP contribution < -0.4 is 0 Å². The molecule has 0 radical (unpaired) electrons. The van der Waals surface area contributed by atoms with Gasteiger partial charge in [0.1, 0.15) is 0 Å². The summed E-state index contributed by atoms with van der Waals surface area (Å²) >= 11 is 0. The van der Waals surface area contributed by atoms with Gasteiger partial charge in [-0.3, -0.25) is 4.79 Å². The van der Waals surface area contributed by atoms with Crippen molar-refractivity contribution in [2.24, 2.45) is 11.3 Å². The summed E-state index contributed by atoms with van der Waals surface area (Å²) in [6, 6.07) is 0. The molecule has 236 valence electrons. The molecule has 0 bridgehead atoms. The predicted molar refractivity (Wildman–Crippen MR) is 96.7 cm³/mol. The highest BCUT2D eigenvalue weighted by atomic mass is 19.4. The van der Waals surface area contributed by atoms with Crippen LogP contribution in [0.1, 0.15) is 52.4 Å². The van der Waals surface area contributed by atoms with E-state index in [0.29, 0.717) is 6.92 Å². The summed E-state index contributed by atoms with van der Waals surface area (Å²) in [5, 5.41) is 9.81. The van der Waals surface area contributed by atoms with Crippen LogP contribution in [-0.2, 0) is 14.3 Å². The molecule has 1 N–H and O–H groups in total. The van der Waals surface area contributed by atoms with Crippen molar-refractivity contribution >= 4 is 5.97 Å². The summed E-state index contributed by atoms with van der Waals surface area (Å²) in [6.45, 7) is 0.0974. The smallest absolute Gasteiger partial charge is 0.417 e. The summed E-state index contributed by atoms with van der Waals surface area (Å²) < 4.78 is 236. The van der Waals surface area contributed by atoms with E-state index in [2.05, 4.69) is 9.47 Å². The van der Waals surface area contributed by atoms with Crippen molar-refractivity contribution in [2.45, 2.75) is 106 Å². The Morgan fingerprint density at radius 2 is 1.25 bits per heavy atom. The largest absolute Gasteiger partial charge is 0.462 e. The van der Waals surface area contributed by atoms with Gasteiger partial charge in [-0.1, -0.05) is 26.2 Å². The molecule has 0 amide bonds. The number of ether oxygens (including phenoxy) is 2. The minimum absolute atomic E-state index is 0.102. The van der Waals surface area contributed by atoms with E-state index in [9.17, 15) is 62.6 Å². The first-order chi connectivity index (χ1) is 17.5. The Labute approximate surface area is 213 Å². The van der Waals surface area contributed by atoms with Crippen molar-refractivity contribution in [1.82, 2.24) is 0 Å². The topological polar surface area (TPSA) is 55.8 Å². The lowest BCUT2D eigenvalue weighted by Gasteiger charge is -2.62. The second kappa shape index (κ2) is 9.39. The van der Waals surface area contributed by atoms with Crippen LogP contribution in [0.3, 0.4) is 0 Å². The molecule has 0 aromatic rings. The summed E-state index contributed by atoms with van der Waals surface area (Å²) in [5.41, 5.74) is -18.3. The molecule has 4 nitrogen and oxygen atoms in total. The Morgan fingerprint density at radius 3 is 1.57 bits per heavy atom. The maximum absolute atomic E-state index is 15.4. The molecule has 1 saturated carbocycles. The molecule has 2 rings (SSSR count). The van der Waals surface area contributed by atoms with Crippen molar-refractivity contribution in [3.63, 3.8) is 0 Å². The molecule has 1 saturated heterocycles. The molecule has 2 fully saturated rings. The first-order valence-corrected chi connectivity index (χ1v) is 11.2. The Bertz CT molecular complexity index is 963. The molecule has 2 aliphatic rings. The van der Waals surface area contributed by atoms with Crippen LogP contribution in [0.5, 0.6) is 0 Å². The fourth-order valence-corrected chi connectivity index (χ4v) is 4.81. The summed E-state index contributed by atoms with van der Waals surface area (Å²) in [5.74, 6) is -29.1. The highest BCUT2D eigenvalue weighted by Gasteiger charge is 3.02. The van der Waals surface area contributed by atoms with Gasteiger partial charge in [-0.05, 0) is 26.2 Å². The fourth-order valence-electron chi connectivity index (χ4n) is 4.81. The normalized spacial score (nSPS) is 33.8. The zero-order chi connectivity index (χ0) is 31.8. The maximum Gasteiger partial charge on any atom is 0.462 e. The molecule has 0 spiro atoms. The molecule has 1 heterocycles. The summed E-state index contributed by atoms with van der Waals surface area (Å²) in [4.78, 5) is 12.3. The van der Waals surface area contributed by atoms with E-state index in [0.717, 1.165) is 0 Å². The predicted octanol–water partition coefficient (Wildman–Crippen LogP) is 7.24. The van der Waals surface area contributed by atoms with Gasteiger partial charge in [-0.15, -0.1) is 0 Å². The van der Waals surface area contributed by atoms with Gasteiger partial charge in [0.05, 0.1) is 0 Å². The molecule has 4 unspecified atom stereocenters. The first-order valence-electron chi connectivity index (χ1n) is 11.2. The number of hydrogen-bond donors (Lipinski definition) is 1. The third-order valence-corrected chi connectivity index (χ3v) is 7.50. The lowest BCUT2D eigenvalue weighted by molar-refractivity contribution is -0.585. The van der Waals surface area contributed by atoms with Gasteiger partial charge < -0.3 is 14.6 Å². The zero-order valence-electron chi connectivity index (χ0n) is 20.0. The monoisotopic (exact) mass is 628 g/mol. The van der Waals surface area contributed by atoms with Crippen LogP contribution in [0.15, 0.2) is 0 Å². The van der Waals surface area contributed by atoms with Crippen LogP contribution in [0.25, 0.3) is 0 Å². The van der Waals surface area contributed by atoms with Gasteiger partial charge in [0.15, 0.2) is 5.41 Å². The van der Waals surface area contributed by atoms with E-state index < -0.39 is 103 Å². The molecule has 0 aromatic carbocycles. The number of carbonyl (C=O) groups excluding carboxylic acids is 1. The number of carbonyl (C=O) groups is 1. The lowest BCUT2D eigenvalue weighted by atomic mass is 9.63. The third kappa shape index (κ3) is 4.15. The van der Waals surface area contributed by atoms with Crippen molar-refractivity contribution in [3.05, 3.63) is 0 Å². The number of halogens is 16. The first kappa shape index (κ1) is 34.5. The minimum Gasteiger partial charge on any atom is -0.417 e. The molecule has 40 heavy (non-hydrogen) atoms. The van der Waals surface area contributed by atoms with Gasteiger partial charge in [0.25, 0.3) is 5.60 Å². The van der Waals surface area contributed by atoms with Crippen molar-refractivity contribution in [3.8, 4) is 0 Å². The quantitative estimate of drug-likeness (QED) is 0.264. The molecule has 1 aliphatic carbocycles. The lowest BCUT2D eigenvalue weighted by Crippen LogP contribution is -2.92. The van der Waals surface area contributed by atoms with Crippen LogP contribution in [0, 0.1) is 11.3 Å². The fraction of sp³-hybridized carbons (Fsp3) is 0.950. The van der Waals surface area contributed by atoms with Gasteiger partial charge in [0.2, 0.25) is 5.60 Å². The SMILES string of the molecule is CCC(C)(C(=O)OC1(C(F)(F)F)OC(C2CCCCC2)(C(F)(F)F)C(F)(F)C(O)(C(F)(F)F)C1(F)F)C(F)(F)F. The van der Waals surface area contributed by atoms with Crippen molar-refractivity contribution in [2.75, 3.05) is 0 Å². The summed E-state index contributed by atoms with van der Waals surface area (Å²) in [7, 11) is 0. The van der Waals surface area contributed by atoms with Crippen LogP contribution >= 0.6 is 0 Å². The molecule has 4 atom stereocenters. The molecular formula is C20H20F16O4. The van der Waals surface area contributed by atoms with Gasteiger partial charge in [-0.25, -0.2) is 0 Å². The van der Waals surface area contributed by atoms with E-state index in [1.807, 2.05) is 0 Å². The number of esters is 1. The van der Waals surface area contributed by atoms with Crippen molar-refractivity contribution in [1.29, 1.82) is 0 Å². The van der Waals surface area contributed by atoms with Crippen LogP contribution in [0.4, 0.5) is 70.2 Å². The number of hydrogen-bond acceptors (Lipinski definition) is 4. The molecule has 20 heteroatoms. The minimum atomic E-state index is -7.83. The third-order valence-electron chi connectivity index (χ3n) is 7.50. The second-order valence-electron chi connectivity index (χ2n) is 9.71. The van der Waals surface area contributed by atoms with E-state index in [1.54, 1.807) is 0 Å². The Kier molecular flexibility index (Phi) is 8.09. The standard InChI is InChI=1S/C20H20F16O4/c1-3-11(2,17(25,26)27)10(37)39-16(20(34,35)36)15(23,24)13(38,19(31,32)33)14(21,22)12(40-16,18(28,29)30)9-7-5-4-6-8-9/h9,38H,3-8H2,1-2H3.